The predicted molar refractivity (Wildman–Crippen MR) is 72.0 cm³/mol. The molecule has 0 aliphatic heterocycles. The fourth-order valence-corrected chi connectivity index (χ4v) is 2.58. The van der Waals surface area contributed by atoms with Crippen molar-refractivity contribution in [3.63, 3.8) is 0 Å². The number of ether oxygens (including phenoxy) is 1. The molecule has 0 spiro atoms. The van der Waals surface area contributed by atoms with Gasteiger partial charge in [0.05, 0.1) is 5.75 Å². The summed E-state index contributed by atoms with van der Waals surface area (Å²) in [6.45, 7) is 9.32. The maximum absolute atomic E-state index is 11.7. The summed E-state index contributed by atoms with van der Waals surface area (Å²) in [6.07, 6.45) is 0.439. The SMILES string of the molecule is CC(C)(CN)CCS(=O)(=O)CC(=O)OC(C)(C)C. The van der Waals surface area contributed by atoms with Crippen molar-refractivity contribution in [1.29, 1.82) is 0 Å². The van der Waals surface area contributed by atoms with Crippen LogP contribution in [0.15, 0.2) is 0 Å². The fraction of sp³-hybridized carbons (Fsp3) is 0.917. The highest BCUT2D eigenvalue weighted by molar-refractivity contribution is 7.92. The highest BCUT2D eigenvalue weighted by Crippen LogP contribution is 2.19. The molecule has 0 saturated heterocycles. The van der Waals surface area contributed by atoms with Gasteiger partial charge in [-0.15, -0.1) is 0 Å². The van der Waals surface area contributed by atoms with E-state index in [0.29, 0.717) is 13.0 Å². The quantitative estimate of drug-likeness (QED) is 0.736. The first-order valence-electron chi connectivity index (χ1n) is 5.99. The number of carbonyl (C=O) groups is 1. The second kappa shape index (κ2) is 6.02. The van der Waals surface area contributed by atoms with Crippen LogP contribution in [-0.2, 0) is 19.4 Å². The molecule has 0 rings (SSSR count). The zero-order valence-corrected chi connectivity index (χ0v) is 12.8. The van der Waals surface area contributed by atoms with E-state index >= 15 is 0 Å². The molecular weight excluding hydrogens is 254 g/mol. The van der Waals surface area contributed by atoms with Crippen molar-refractivity contribution in [2.45, 2.75) is 46.6 Å². The minimum absolute atomic E-state index is 0.0452. The van der Waals surface area contributed by atoms with E-state index in [1.165, 1.54) is 0 Å². The van der Waals surface area contributed by atoms with E-state index < -0.39 is 27.2 Å². The molecule has 108 valence electrons. The molecule has 0 bridgehead atoms. The van der Waals surface area contributed by atoms with Crippen LogP contribution < -0.4 is 5.73 Å². The van der Waals surface area contributed by atoms with Crippen molar-refractivity contribution in [3.8, 4) is 0 Å². The molecule has 0 fully saturated rings. The number of hydrogen-bond donors (Lipinski definition) is 1. The van der Waals surface area contributed by atoms with E-state index in [0.717, 1.165) is 0 Å². The third kappa shape index (κ3) is 8.47. The van der Waals surface area contributed by atoms with Crippen LogP contribution >= 0.6 is 0 Å². The first-order chi connectivity index (χ1) is 7.87. The summed E-state index contributed by atoms with van der Waals surface area (Å²) in [5.74, 6) is -1.31. The Kier molecular flexibility index (Phi) is 5.81. The molecule has 0 aromatic rings. The largest absolute Gasteiger partial charge is 0.459 e. The normalized spacial score (nSPS) is 13.4. The summed E-state index contributed by atoms with van der Waals surface area (Å²) < 4.78 is 28.5. The van der Waals surface area contributed by atoms with Crippen molar-refractivity contribution in [3.05, 3.63) is 0 Å². The van der Waals surface area contributed by atoms with Gasteiger partial charge < -0.3 is 10.5 Å². The molecule has 0 aliphatic carbocycles. The van der Waals surface area contributed by atoms with Crippen LogP contribution in [-0.4, -0.2) is 38.0 Å². The van der Waals surface area contributed by atoms with Crippen molar-refractivity contribution in [2.75, 3.05) is 18.1 Å². The third-order valence-corrected chi connectivity index (χ3v) is 3.90. The molecule has 0 atom stereocenters. The number of esters is 1. The molecule has 0 heterocycles. The van der Waals surface area contributed by atoms with Crippen molar-refractivity contribution >= 4 is 15.8 Å². The van der Waals surface area contributed by atoms with Crippen LogP contribution in [0.4, 0.5) is 0 Å². The molecular formula is C12H25NO4S. The average Bonchev–Trinajstić information content (AvgIpc) is 2.11. The zero-order valence-electron chi connectivity index (χ0n) is 11.9. The molecule has 0 unspecified atom stereocenters. The lowest BCUT2D eigenvalue weighted by Gasteiger charge is -2.22. The van der Waals surface area contributed by atoms with Gasteiger partial charge in [0.1, 0.15) is 11.4 Å². The van der Waals surface area contributed by atoms with Crippen LogP contribution in [0.2, 0.25) is 0 Å². The molecule has 6 heteroatoms. The number of nitrogens with two attached hydrogens (primary N) is 1. The van der Waals surface area contributed by atoms with E-state index in [1.54, 1.807) is 20.8 Å². The van der Waals surface area contributed by atoms with Gasteiger partial charge in [0, 0.05) is 0 Å². The monoisotopic (exact) mass is 279 g/mol. The van der Waals surface area contributed by atoms with Gasteiger partial charge in [-0.05, 0) is 39.2 Å². The number of rotatable bonds is 6. The Balaban J connectivity index is 4.37. The molecule has 0 amide bonds. The Morgan fingerprint density at radius 1 is 1.17 bits per heavy atom. The topological polar surface area (TPSA) is 86.5 Å². The second-order valence-electron chi connectivity index (χ2n) is 6.30. The predicted octanol–water partition coefficient (Wildman–Crippen LogP) is 1.12. The second-order valence-corrected chi connectivity index (χ2v) is 8.48. The van der Waals surface area contributed by atoms with E-state index in [-0.39, 0.29) is 11.2 Å². The molecule has 5 nitrogen and oxygen atoms in total. The van der Waals surface area contributed by atoms with Crippen LogP contribution in [0.1, 0.15) is 41.0 Å². The average molecular weight is 279 g/mol. The van der Waals surface area contributed by atoms with Crippen LogP contribution in [0.3, 0.4) is 0 Å². The Hall–Kier alpha value is -0.620. The summed E-state index contributed by atoms with van der Waals surface area (Å²) in [6, 6.07) is 0. The van der Waals surface area contributed by atoms with Crippen molar-refractivity contribution in [2.24, 2.45) is 11.1 Å². The zero-order chi connectivity index (χ0) is 14.6. The highest BCUT2D eigenvalue weighted by Gasteiger charge is 2.25. The van der Waals surface area contributed by atoms with Gasteiger partial charge in [-0.1, -0.05) is 13.8 Å². The third-order valence-electron chi connectivity index (χ3n) is 2.40. The molecule has 0 aromatic carbocycles. The van der Waals surface area contributed by atoms with Gasteiger partial charge in [-0.3, -0.25) is 4.79 Å². The van der Waals surface area contributed by atoms with E-state index in [2.05, 4.69) is 0 Å². The molecule has 0 radical (unpaired) electrons. The summed E-state index contributed by atoms with van der Waals surface area (Å²) in [5, 5.41) is 0. The first-order valence-corrected chi connectivity index (χ1v) is 7.81. The van der Waals surface area contributed by atoms with Crippen LogP contribution in [0.5, 0.6) is 0 Å². The number of hydrogen-bond acceptors (Lipinski definition) is 5. The lowest BCUT2D eigenvalue weighted by molar-refractivity contribution is -0.151. The fourth-order valence-electron chi connectivity index (χ4n) is 1.16. The van der Waals surface area contributed by atoms with E-state index in [4.69, 9.17) is 10.5 Å². The van der Waals surface area contributed by atoms with E-state index in [9.17, 15) is 13.2 Å². The molecule has 0 saturated carbocycles. The smallest absolute Gasteiger partial charge is 0.321 e. The number of carbonyl (C=O) groups excluding carboxylic acids is 1. The molecule has 0 aliphatic rings. The lowest BCUT2D eigenvalue weighted by atomic mass is 9.91. The standard InChI is InChI=1S/C12H25NO4S/c1-11(2,3)17-10(14)8-18(15,16)7-6-12(4,5)9-13/h6-9,13H2,1-5H3. The van der Waals surface area contributed by atoms with Crippen LogP contribution in [0.25, 0.3) is 0 Å². The van der Waals surface area contributed by atoms with Gasteiger partial charge in [-0.25, -0.2) is 8.42 Å². The maximum Gasteiger partial charge on any atom is 0.321 e. The van der Waals surface area contributed by atoms with Crippen molar-refractivity contribution in [1.82, 2.24) is 0 Å². The minimum atomic E-state index is -3.43. The highest BCUT2D eigenvalue weighted by atomic mass is 32.2. The summed E-state index contributed by atoms with van der Waals surface area (Å²) in [7, 11) is -3.43. The molecule has 0 aromatic heterocycles. The minimum Gasteiger partial charge on any atom is -0.459 e. The summed E-state index contributed by atoms with van der Waals surface area (Å²) in [5.41, 5.74) is 4.64. The van der Waals surface area contributed by atoms with Gasteiger partial charge in [-0.2, -0.15) is 0 Å². The van der Waals surface area contributed by atoms with Crippen molar-refractivity contribution < 1.29 is 17.9 Å². The summed E-state index contributed by atoms with van der Waals surface area (Å²) >= 11 is 0. The Morgan fingerprint density at radius 3 is 2.06 bits per heavy atom. The maximum atomic E-state index is 11.7. The summed E-state index contributed by atoms with van der Waals surface area (Å²) in [4.78, 5) is 11.4. The van der Waals surface area contributed by atoms with Gasteiger partial charge in [0.25, 0.3) is 0 Å². The van der Waals surface area contributed by atoms with Crippen LogP contribution in [0, 0.1) is 5.41 Å². The van der Waals surface area contributed by atoms with Gasteiger partial charge in [0.2, 0.25) is 0 Å². The van der Waals surface area contributed by atoms with Gasteiger partial charge in [0.15, 0.2) is 9.84 Å². The Labute approximate surface area is 110 Å². The molecule has 18 heavy (non-hydrogen) atoms. The lowest BCUT2D eigenvalue weighted by Crippen LogP contribution is -2.31. The van der Waals surface area contributed by atoms with Gasteiger partial charge >= 0.3 is 5.97 Å². The first kappa shape index (κ1) is 17.4. The number of sulfone groups is 1. The van der Waals surface area contributed by atoms with E-state index in [1.807, 2.05) is 13.8 Å². The Morgan fingerprint density at radius 2 is 1.67 bits per heavy atom. The Bertz CT molecular complexity index is 379. The molecule has 2 N–H and O–H groups in total.